The number of aryl methyl sites for hydroxylation is 2. The SMILES string of the molecule is CCc1cc(C(NC)c2ccc(F)cc2F)n(CC)n1. The third-order valence-electron chi connectivity index (χ3n) is 3.38. The summed E-state index contributed by atoms with van der Waals surface area (Å²) < 4.78 is 28.9. The molecule has 0 saturated carbocycles. The Morgan fingerprint density at radius 1 is 1.25 bits per heavy atom. The Kier molecular flexibility index (Phi) is 4.49. The molecule has 0 bridgehead atoms. The number of hydrogen-bond donors (Lipinski definition) is 1. The van der Waals surface area contributed by atoms with Crippen molar-refractivity contribution < 1.29 is 8.78 Å². The van der Waals surface area contributed by atoms with Gasteiger partial charge in [0.2, 0.25) is 0 Å². The molecule has 2 aromatic rings. The maximum absolute atomic E-state index is 14.0. The molecular formula is C15H19F2N3. The van der Waals surface area contributed by atoms with Crippen LogP contribution in [-0.4, -0.2) is 16.8 Å². The van der Waals surface area contributed by atoms with Gasteiger partial charge in [0, 0.05) is 18.2 Å². The molecule has 0 aliphatic rings. The summed E-state index contributed by atoms with van der Waals surface area (Å²) in [5.41, 5.74) is 2.27. The quantitative estimate of drug-likeness (QED) is 0.911. The van der Waals surface area contributed by atoms with E-state index in [-0.39, 0.29) is 6.04 Å². The molecule has 108 valence electrons. The van der Waals surface area contributed by atoms with Gasteiger partial charge in [0.15, 0.2) is 0 Å². The van der Waals surface area contributed by atoms with Crippen molar-refractivity contribution in [2.24, 2.45) is 0 Å². The molecule has 0 fully saturated rings. The number of aromatic nitrogens is 2. The number of rotatable bonds is 5. The molecule has 5 heteroatoms. The van der Waals surface area contributed by atoms with Crippen LogP contribution in [0, 0.1) is 11.6 Å². The third-order valence-corrected chi connectivity index (χ3v) is 3.38. The van der Waals surface area contributed by atoms with E-state index < -0.39 is 11.6 Å². The Morgan fingerprint density at radius 2 is 2.00 bits per heavy atom. The average Bonchev–Trinajstić information content (AvgIpc) is 2.85. The maximum Gasteiger partial charge on any atom is 0.131 e. The fraction of sp³-hybridized carbons (Fsp3) is 0.400. The first-order chi connectivity index (χ1) is 9.60. The molecule has 1 N–H and O–H groups in total. The van der Waals surface area contributed by atoms with E-state index in [0.29, 0.717) is 12.1 Å². The van der Waals surface area contributed by atoms with E-state index in [1.165, 1.54) is 12.1 Å². The smallest absolute Gasteiger partial charge is 0.131 e. The van der Waals surface area contributed by atoms with Crippen molar-refractivity contribution in [2.75, 3.05) is 7.05 Å². The number of hydrogen-bond acceptors (Lipinski definition) is 2. The molecule has 1 unspecified atom stereocenters. The van der Waals surface area contributed by atoms with E-state index >= 15 is 0 Å². The minimum atomic E-state index is -0.570. The molecule has 1 atom stereocenters. The summed E-state index contributed by atoms with van der Waals surface area (Å²) in [7, 11) is 1.76. The van der Waals surface area contributed by atoms with E-state index in [4.69, 9.17) is 0 Å². The highest BCUT2D eigenvalue weighted by Crippen LogP contribution is 2.25. The summed E-state index contributed by atoms with van der Waals surface area (Å²) in [6.45, 7) is 4.72. The van der Waals surface area contributed by atoms with E-state index in [9.17, 15) is 8.78 Å². The van der Waals surface area contributed by atoms with Crippen LogP contribution in [0.4, 0.5) is 8.78 Å². The second kappa shape index (κ2) is 6.13. The maximum atomic E-state index is 14.0. The second-order valence-corrected chi connectivity index (χ2v) is 4.62. The van der Waals surface area contributed by atoms with Gasteiger partial charge in [-0.15, -0.1) is 0 Å². The number of nitrogens with zero attached hydrogens (tertiary/aromatic N) is 2. The summed E-state index contributed by atoms with van der Waals surface area (Å²) in [4.78, 5) is 0. The monoisotopic (exact) mass is 279 g/mol. The van der Waals surface area contributed by atoms with Gasteiger partial charge in [-0.1, -0.05) is 13.0 Å². The summed E-state index contributed by atoms with van der Waals surface area (Å²) in [5.74, 6) is -1.12. The molecule has 0 aliphatic heterocycles. The first-order valence-electron chi connectivity index (χ1n) is 6.79. The topological polar surface area (TPSA) is 29.9 Å². The van der Waals surface area contributed by atoms with Crippen molar-refractivity contribution in [3.8, 4) is 0 Å². The second-order valence-electron chi connectivity index (χ2n) is 4.62. The van der Waals surface area contributed by atoms with Gasteiger partial charge >= 0.3 is 0 Å². The fourth-order valence-corrected chi connectivity index (χ4v) is 2.34. The summed E-state index contributed by atoms with van der Waals surface area (Å²) in [6.07, 6.45) is 0.822. The standard InChI is InChI=1S/C15H19F2N3/c1-4-11-9-14(20(5-2)19-11)15(18-3)12-7-6-10(16)8-13(12)17/h6-9,15,18H,4-5H2,1-3H3. The minimum Gasteiger partial charge on any atom is -0.308 e. The molecule has 0 saturated heterocycles. The van der Waals surface area contributed by atoms with Crippen molar-refractivity contribution in [3.63, 3.8) is 0 Å². The van der Waals surface area contributed by atoms with Crippen molar-refractivity contribution in [1.82, 2.24) is 15.1 Å². The number of benzene rings is 1. The Hall–Kier alpha value is -1.75. The number of nitrogens with one attached hydrogen (secondary N) is 1. The molecular weight excluding hydrogens is 260 g/mol. The molecule has 0 amide bonds. The van der Waals surface area contributed by atoms with Crippen LogP contribution in [0.3, 0.4) is 0 Å². The number of halogens is 2. The van der Waals surface area contributed by atoms with Gasteiger partial charge in [-0.25, -0.2) is 8.78 Å². The minimum absolute atomic E-state index is 0.344. The highest BCUT2D eigenvalue weighted by molar-refractivity contribution is 5.30. The summed E-state index contributed by atoms with van der Waals surface area (Å²) >= 11 is 0. The van der Waals surface area contributed by atoms with E-state index in [1.54, 1.807) is 7.05 Å². The molecule has 0 radical (unpaired) electrons. The predicted molar refractivity (Wildman–Crippen MR) is 74.5 cm³/mol. The predicted octanol–water partition coefficient (Wildman–Crippen LogP) is 3.05. The van der Waals surface area contributed by atoms with E-state index in [2.05, 4.69) is 10.4 Å². The van der Waals surface area contributed by atoms with Gasteiger partial charge in [0.1, 0.15) is 11.6 Å². The Labute approximate surface area is 117 Å². The van der Waals surface area contributed by atoms with Crippen LogP contribution in [0.1, 0.15) is 36.8 Å². The van der Waals surface area contributed by atoms with Crippen molar-refractivity contribution in [2.45, 2.75) is 32.9 Å². The van der Waals surface area contributed by atoms with Crippen molar-refractivity contribution in [1.29, 1.82) is 0 Å². The zero-order valence-electron chi connectivity index (χ0n) is 12.0. The highest BCUT2D eigenvalue weighted by Gasteiger charge is 2.21. The molecule has 1 aromatic heterocycles. The van der Waals surface area contributed by atoms with Gasteiger partial charge in [0.05, 0.1) is 17.4 Å². The van der Waals surface area contributed by atoms with Crippen LogP contribution in [0.15, 0.2) is 24.3 Å². The summed E-state index contributed by atoms with van der Waals surface area (Å²) in [6, 6.07) is 5.28. The third kappa shape index (κ3) is 2.72. The van der Waals surface area contributed by atoms with Gasteiger partial charge in [-0.05, 0) is 32.5 Å². The lowest BCUT2D eigenvalue weighted by atomic mass is 10.0. The zero-order chi connectivity index (χ0) is 14.7. The summed E-state index contributed by atoms with van der Waals surface area (Å²) in [5, 5.41) is 7.55. The van der Waals surface area contributed by atoms with Crippen LogP contribution in [0.25, 0.3) is 0 Å². The van der Waals surface area contributed by atoms with E-state index in [0.717, 1.165) is 23.9 Å². The van der Waals surface area contributed by atoms with Crippen molar-refractivity contribution >= 4 is 0 Å². The lowest BCUT2D eigenvalue weighted by Crippen LogP contribution is -2.22. The van der Waals surface area contributed by atoms with Gasteiger partial charge in [0.25, 0.3) is 0 Å². The van der Waals surface area contributed by atoms with Gasteiger partial charge in [-0.3, -0.25) is 4.68 Å². The van der Waals surface area contributed by atoms with Crippen LogP contribution < -0.4 is 5.32 Å². The van der Waals surface area contributed by atoms with Crippen LogP contribution in [-0.2, 0) is 13.0 Å². The molecule has 1 aromatic carbocycles. The Morgan fingerprint density at radius 3 is 2.55 bits per heavy atom. The first-order valence-corrected chi connectivity index (χ1v) is 6.79. The Balaban J connectivity index is 2.48. The Bertz CT molecular complexity index is 593. The lowest BCUT2D eigenvalue weighted by Gasteiger charge is -2.18. The molecule has 0 spiro atoms. The lowest BCUT2D eigenvalue weighted by molar-refractivity contribution is 0.522. The van der Waals surface area contributed by atoms with E-state index in [1.807, 2.05) is 24.6 Å². The van der Waals surface area contributed by atoms with Gasteiger partial charge in [-0.2, -0.15) is 5.10 Å². The van der Waals surface area contributed by atoms with Crippen LogP contribution >= 0.6 is 0 Å². The molecule has 2 rings (SSSR count). The zero-order valence-corrected chi connectivity index (χ0v) is 12.0. The average molecular weight is 279 g/mol. The van der Waals surface area contributed by atoms with Crippen molar-refractivity contribution in [3.05, 3.63) is 52.9 Å². The molecule has 3 nitrogen and oxygen atoms in total. The highest BCUT2D eigenvalue weighted by atomic mass is 19.1. The molecule has 0 aliphatic carbocycles. The van der Waals surface area contributed by atoms with Crippen LogP contribution in [0.2, 0.25) is 0 Å². The first kappa shape index (κ1) is 14.7. The normalized spacial score (nSPS) is 12.7. The largest absolute Gasteiger partial charge is 0.308 e. The van der Waals surface area contributed by atoms with Gasteiger partial charge < -0.3 is 5.32 Å². The molecule has 1 heterocycles. The molecule has 20 heavy (non-hydrogen) atoms. The van der Waals surface area contributed by atoms with Crippen LogP contribution in [0.5, 0.6) is 0 Å². The fourth-order valence-electron chi connectivity index (χ4n) is 2.34.